The lowest BCUT2D eigenvalue weighted by molar-refractivity contribution is -0.125. The molecule has 12 heavy (non-hydrogen) atoms. The number of hydrogen-bond donors (Lipinski definition) is 0. The molecule has 0 unspecified atom stereocenters. The van der Waals surface area contributed by atoms with Crippen molar-refractivity contribution >= 4 is 5.78 Å². The standard InChI is InChI=1S/C11H16O/c1-2-11(12)10-7-8-3-5-9(10)6-4-8/h3,5,8-10H,2,4,6-7H2,1H3/t8-,9+,10+/m1/s1. The number of carbonyl (C=O) groups excluding carboxylic acids is 1. The minimum Gasteiger partial charge on any atom is -0.299 e. The van der Waals surface area contributed by atoms with Crippen LogP contribution in [-0.4, -0.2) is 5.78 Å². The van der Waals surface area contributed by atoms with Crippen LogP contribution < -0.4 is 0 Å². The molecule has 66 valence electrons. The summed E-state index contributed by atoms with van der Waals surface area (Å²) < 4.78 is 0. The lowest BCUT2D eigenvalue weighted by atomic mass is 9.63. The van der Waals surface area contributed by atoms with Gasteiger partial charge < -0.3 is 0 Å². The van der Waals surface area contributed by atoms with E-state index in [1.54, 1.807) is 0 Å². The van der Waals surface area contributed by atoms with E-state index in [1.165, 1.54) is 12.8 Å². The van der Waals surface area contributed by atoms with E-state index in [2.05, 4.69) is 12.8 Å². The SMILES string of the molecule is CCC(=O)[C@H]1C[C@@H]2[CH][CH][C@H]1CC2. The van der Waals surface area contributed by atoms with Crippen LogP contribution in [0.3, 0.4) is 0 Å². The summed E-state index contributed by atoms with van der Waals surface area (Å²) in [5, 5.41) is 0. The van der Waals surface area contributed by atoms with Gasteiger partial charge in [-0.25, -0.2) is 0 Å². The molecule has 0 aromatic heterocycles. The molecule has 0 heterocycles. The Morgan fingerprint density at radius 1 is 1.42 bits per heavy atom. The molecule has 1 nitrogen and oxygen atoms in total. The molecular weight excluding hydrogens is 148 g/mol. The van der Waals surface area contributed by atoms with Crippen LogP contribution in [-0.2, 0) is 4.79 Å². The zero-order valence-electron chi connectivity index (χ0n) is 7.62. The van der Waals surface area contributed by atoms with Gasteiger partial charge in [-0.2, -0.15) is 0 Å². The van der Waals surface area contributed by atoms with E-state index in [0.29, 0.717) is 17.6 Å². The summed E-state index contributed by atoms with van der Waals surface area (Å²) in [4.78, 5) is 11.5. The molecule has 3 aliphatic rings. The van der Waals surface area contributed by atoms with Crippen molar-refractivity contribution in [2.24, 2.45) is 17.8 Å². The normalized spacial score (nSPS) is 39.9. The highest BCUT2D eigenvalue weighted by Crippen LogP contribution is 2.44. The Balaban J connectivity index is 2.03. The van der Waals surface area contributed by atoms with Crippen LogP contribution in [0.1, 0.15) is 32.6 Å². The fourth-order valence-electron chi connectivity index (χ4n) is 2.56. The first-order valence-corrected chi connectivity index (χ1v) is 5.02. The van der Waals surface area contributed by atoms with Gasteiger partial charge in [0, 0.05) is 12.3 Å². The fraction of sp³-hybridized carbons (Fsp3) is 0.727. The van der Waals surface area contributed by atoms with Crippen molar-refractivity contribution in [1.29, 1.82) is 0 Å². The van der Waals surface area contributed by atoms with Crippen LogP contribution >= 0.6 is 0 Å². The highest BCUT2D eigenvalue weighted by Gasteiger charge is 2.38. The summed E-state index contributed by atoms with van der Waals surface area (Å²) in [7, 11) is 0. The summed E-state index contributed by atoms with van der Waals surface area (Å²) in [6, 6.07) is 0. The molecule has 0 aromatic rings. The zero-order chi connectivity index (χ0) is 8.55. The van der Waals surface area contributed by atoms with Crippen molar-refractivity contribution in [2.75, 3.05) is 0 Å². The first kappa shape index (κ1) is 8.28. The molecule has 0 aliphatic heterocycles. The Hall–Kier alpha value is -0.330. The predicted octanol–water partition coefficient (Wildman–Crippen LogP) is 2.42. The monoisotopic (exact) mass is 164 g/mol. The van der Waals surface area contributed by atoms with Crippen molar-refractivity contribution in [3.8, 4) is 0 Å². The molecule has 1 heteroatoms. The second kappa shape index (κ2) is 3.20. The van der Waals surface area contributed by atoms with Crippen LogP contribution in [0, 0.1) is 30.6 Å². The van der Waals surface area contributed by atoms with Crippen molar-refractivity contribution in [1.82, 2.24) is 0 Å². The lowest BCUT2D eigenvalue weighted by Gasteiger charge is -2.41. The molecule has 0 aromatic carbocycles. The zero-order valence-corrected chi connectivity index (χ0v) is 7.62. The van der Waals surface area contributed by atoms with Crippen molar-refractivity contribution in [3.05, 3.63) is 12.8 Å². The van der Waals surface area contributed by atoms with E-state index in [1.807, 2.05) is 6.92 Å². The highest BCUT2D eigenvalue weighted by molar-refractivity contribution is 5.81. The molecule has 0 amide bonds. The van der Waals surface area contributed by atoms with Gasteiger partial charge in [-0.3, -0.25) is 4.79 Å². The Morgan fingerprint density at radius 3 is 2.67 bits per heavy atom. The maximum atomic E-state index is 11.5. The van der Waals surface area contributed by atoms with E-state index in [-0.39, 0.29) is 0 Å². The van der Waals surface area contributed by atoms with E-state index in [9.17, 15) is 4.79 Å². The van der Waals surface area contributed by atoms with Crippen LogP contribution in [0.25, 0.3) is 0 Å². The van der Waals surface area contributed by atoms with Crippen molar-refractivity contribution < 1.29 is 4.79 Å². The van der Waals surface area contributed by atoms with Gasteiger partial charge in [0.05, 0.1) is 0 Å². The summed E-state index contributed by atoms with van der Waals surface area (Å²) in [6.45, 7) is 1.98. The third-order valence-electron chi connectivity index (χ3n) is 3.34. The van der Waals surface area contributed by atoms with Gasteiger partial charge in [-0.05, 0) is 43.9 Å². The Bertz CT molecular complexity index is 177. The van der Waals surface area contributed by atoms with Gasteiger partial charge in [0.25, 0.3) is 0 Å². The van der Waals surface area contributed by atoms with E-state index in [4.69, 9.17) is 0 Å². The number of rotatable bonds is 2. The Kier molecular flexibility index (Phi) is 2.20. The molecule has 3 saturated carbocycles. The molecule has 2 radical (unpaired) electrons. The summed E-state index contributed by atoms with van der Waals surface area (Å²) in [5.74, 6) is 2.16. The Labute approximate surface area is 74.5 Å². The van der Waals surface area contributed by atoms with Gasteiger partial charge in [-0.15, -0.1) is 0 Å². The first-order valence-electron chi connectivity index (χ1n) is 5.02. The van der Waals surface area contributed by atoms with Crippen LogP contribution in [0.2, 0.25) is 0 Å². The van der Waals surface area contributed by atoms with Crippen molar-refractivity contribution in [2.45, 2.75) is 32.6 Å². The van der Waals surface area contributed by atoms with E-state index >= 15 is 0 Å². The van der Waals surface area contributed by atoms with E-state index in [0.717, 1.165) is 18.8 Å². The van der Waals surface area contributed by atoms with Crippen LogP contribution in [0.4, 0.5) is 0 Å². The molecular formula is C11H16O. The van der Waals surface area contributed by atoms with Gasteiger partial charge in [0.2, 0.25) is 0 Å². The Morgan fingerprint density at radius 2 is 2.25 bits per heavy atom. The lowest BCUT2D eigenvalue weighted by Crippen LogP contribution is -2.36. The number of carbonyl (C=O) groups is 1. The molecule has 2 bridgehead atoms. The fourth-order valence-corrected chi connectivity index (χ4v) is 2.56. The predicted molar refractivity (Wildman–Crippen MR) is 48.2 cm³/mol. The molecule has 0 spiro atoms. The van der Waals surface area contributed by atoms with Gasteiger partial charge in [-0.1, -0.05) is 6.92 Å². The van der Waals surface area contributed by atoms with E-state index < -0.39 is 0 Å². The topological polar surface area (TPSA) is 17.1 Å². The third-order valence-corrected chi connectivity index (χ3v) is 3.34. The largest absolute Gasteiger partial charge is 0.299 e. The smallest absolute Gasteiger partial charge is 0.135 e. The van der Waals surface area contributed by atoms with Gasteiger partial charge in [0.1, 0.15) is 5.78 Å². The summed E-state index contributed by atoms with van der Waals surface area (Å²) >= 11 is 0. The maximum Gasteiger partial charge on any atom is 0.135 e. The summed E-state index contributed by atoms with van der Waals surface area (Å²) in [5.41, 5.74) is 0. The number of hydrogen-bond acceptors (Lipinski definition) is 1. The molecule has 3 fully saturated rings. The number of fused-ring (bicyclic) bond motifs is 3. The van der Waals surface area contributed by atoms with Crippen LogP contribution in [0.15, 0.2) is 0 Å². The minimum absolute atomic E-state index is 0.374. The van der Waals surface area contributed by atoms with Crippen molar-refractivity contribution in [3.63, 3.8) is 0 Å². The molecule has 0 saturated heterocycles. The second-order valence-corrected chi connectivity index (χ2v) is 4.05. The number of Topliss-reactive ketones (excluding diaryl/α,β-unsaturated/α-hetero) is 1. The average Bonchev–Trinajstić information content (AvgIpc) is 2.18. The van der Waals surface area contributed by atoms with Gasteiger partial charge in [0.15, 0.2) is 0 Å². The molecule has 3 rings (SSSR count). The van der Waals surface area contributed by atoms with Gasteiger partial charge >= 0.3 is 0 Å². The molecule has 3 atom stereocenters. The molecule has 3 aliphatic carbocycles. The minimum atomic E-state index is 0.374. The molecule has 0 N–H and O–H groups in total. The number of ketones is 1. The first-order chi connectivity index (χ1) is 5.81. The maximum absolute atomic E-state index is 11.5. The van der Waals surface area contributed by atoms with Crippen LogP contribution in [0.5, 0.6) is 0 Å². The quantitative estimate of drug-likeness (QED) is 0.612. The average molecular weight is 164 g/mol. The summed E-state index contributed by atoms with van der Waals surface area (Å²) in [6.07, 6.45) is 9.01. The second-order valence-electron chi connectivity index (χ2n) is 4.05. The highest BCUT2D eigenvalue weighted by atomic mass is 16.1. The third kappa shape index (κ3) is 1.30.